The molecular formula is C12H11Br2N3O8S2. The van der Waals surface area contributed by atoms with Crippen LogP contribution in [0.3, 0.4) is 0 Å². The van der Waals surface area contributed by atoms with E-state index in [2.05, 4.69) is 31.9 Å². The second kappa shape index (κ2) is 8.49. The molecule has 0 heterocycles. The van der Waals surface area contributed by atoms with Crippen molar-refractivity contribution in [1.82, 2.24) is 0 Å². The third-order valence-corrected chi connectivity index (χ3v) is 5.83. The first-order valence-corrected chi connectivity index (χ1v) is 11.0. The second-order valence-corrected chi connectivity index (χ2v) is 9.56. The van der Waals surface area contributed by atoms with Crippen molar-refractivity contribution >= 4 is 57.6 Å². The Morgan fingerprint density at radius 2 is 1.37 bits per heavy atom. The fourth-order valence-electron chi connectivity index (χ4n) is 1.53. The molecule has 0 unspecified atom stereocenters. The molecule has 148 valence electrons. The van der Waals surface area contributed by atoms with E-state index in [1.807, 2.05) is 0 Å². The van der Waals surface area contributed by atoms with E-state index in [0.29, 0.717) is 10.5 Å². The van der Waals surface area contributed by atoms with Gasteiger partial charge in [0, 0.05) is 6.07 Å². The van der Waals surface area contributed by atoms with Gasteiger partial charge in [0.1, 0.15) is 5.75 Å². The number of nitro groups is 1. The molecule has 2 aromatic rings. The number of nitro benzene ring substituents is 1. The van der Waals surface area contributed by atoms with Gasteiger partial charge in [-0.05, 0) is 56.1 Å². The van der Waals surface area contributed by atoms with Crippen LogP contribution in [0.5, 0.6) is 11.5 Å². The zero-order valence-electron chi connectivity index (χ0n) is 12.9. The summed E-state index contributed by atoms with van der Waals surface area (Å²) in [6.07, 6.45) is 0. The maximum atomic E-state index is 10.9. The van der Waals surface area contributed by atoms with Gasteiger partial charge in [-0.25, -0.2) is 27.1 Å². The van der Waals surface area contributed by atoms with Crippen LogP contribution in [0.15, 0.2) is 49.1 Å². The highest BCUT2D eigenvalue weighted by Gasteiger charge is 2.21. The number of nitrogens with zero attached hydrogens (tertiary/aromatic N) is 1. The zero-order valence-corrected chi connectivity index (χ0v) is 17.7. The van der Waals surface area contributed by atoms with Crippen LogP contribution in [0.2, 0.25) is 0 Å². The van der Waals surface area contributed by atoms with Gasteiger partial charge in [-0.15, -0.1) is 0 Å². The van der Waals surface area contributed by atoms with E-state index in [9.17, 15) is 32.1 Å². The number of benzene rings is 2. The normalized spacial score (nSPS) is 11.4. The average molecular weight is 549 g/mol. The molecule has 0 bridgehead atoms. The lowest BCUT2D eigenvalue weighted by molar-refractivity contribution is -0.386. The van der Waals surface area contributed by atoms with Gasteiger partial charge >= 0.3 is 5.69 Å². The van der Waals surface area contributed by atoms with E-state index in [1.165, 1.54) is 18.2 Å². The van der Waals surface area contributed by atoms with Gasteiger partial charge in [0.25, 0.3) is 0 Å². The molecule has 0 saturated carbocycles. The molecule has 11 nitrogen and oxygen atoms in total. The average Bonchev–Trinajstić information content (AvgIpc) is 2.50. The number of primary sulfonamides is 2. The Labute approximate surface area is 170 Å². The van der Waals surface area contributed by atoms with Crippen LogP contribution in [-0.4, -0.2) is 32.0 Å². The molecule has 0 saturated heterocycles. The summed E-state index contributed by atoms with van der Waals surface area (Å²) < 4.78 is 43.6. The summed E-state index contributed by atoms with van der Waals surface area (Å²) in [4.78, 5) is 9.05. The topological polar surface area (TPSA) is 204 Å². The van der Waals surface area contributed by atoms with Gasteiger partial charge in [0.2, 0.25) is 25.8 Å². The van der Waals surface area contributed by atoms with Crippen LogP contribution >= 0.6 is 31.9 Å². The highest BCUT2D eigenvalue weighted by Crippen LogP contribution is 2.35. The molecule has 0 atom stereocenters. The van der Waals surface area contributed by atoms with Crippen molar-refractivity contribution in [2.45, 2.75) is 9.79 Å². The fraction of sp³-hybridized carbons (Fsp3) is 0. The van der Waals surface area contributed by atoms with Crippen molar-refractivity contribution in [1.29, 1.82) is 0 Å². The van der Waals surface area contributed by atoms with Crippen molar-refractivity contribution in [2.24, 2.45) is 10.3 Å². The molecule has 0 radical (unpaired) electrons. The lowest BCUT2D eigenvalue weighted by Crippen LogP contribution is -2.12. The summed E-state index contributed by atoms with van der Waals surface area (Å²) in [6, 6.07) is 5.40. The monoisotopic (exact) mass is 547 g/mol. The smallest absolute Gasteiger partial charge is 0.313 e. The number of halogens is 2. The van der Waals surface area contributed by atoms with Crippen molar-refractivity contribution in [3.05, 3.63) is 49.4 Å². The van der Waals surface area contributed by atoms with Gasteiger partial charge in [-0.1, -0.05) is 0 Å². The Bertz CT molecular complexity index is 1100. The molecule has 27 heavy (non-hydrogen) atoms. The number of rotatable bonds is 3. The molecule has 0 aliphatic heterocycles. The van der Waals surface area contributed by atoms with Crippen LogP contribution in [0, 0.1) is 10.1 Å². The molecular weight excluding hydrogens is 538 g/mol. The number of sulfonamides is 2. The van der Waals surface area contributed by atoms with Crippen LogP contribution in [0.4, 0.5) is 5.69 Å². The summed E-state index contributed by atoms with van der Waals surface area (Å²) in [6.45, 7) is 0. The Morgan fingerprint density at radius 1 is 0.889 bits per heavy atom. The molecule has 0 aromatic heterocycles. The minimum Gasteiger partial charge on any atom is -0.507 e. The third-order valence-electron chi connectivity index (χ3n) is 2.79. The van der Waals surface area contributed by atoms with E-state index in [0.717, 1.165) is 6.07 Å². The van der Waals surface area contributed by atoms with E-state index < -0.39 is 41.3 Å². The van der Waals surface area contributed by atoms with Crippen LogP contribution in [0.25, 0.3) is 0 Å². The minimum atomic E-state index is -4.04. The maximum absolute atomic E-state index is 10.9. The van der Waals surface area contributed by atoms with Crippen molar-refractivity contribution in [3.63, 3.8) is 0 Å². The van der Waals surface area contributed by atoms with Gasteiger partial charge in [0.15, 0.2) is 0 Å². The Kier molecular flexibility index (Phi) is 7.31. The Morgan fingerprint density at radius 3 is 1.78 bits per heavy atom. The predicted molar refractivity (Wildman–Crippen MR) is 101 cm³/mol. The van der Waals surface area contributed by atoms with Gasteiger partial charge in [0.05, 0.1) is 23.7 Å². The second-order valence-electron chi connectivity index (χ2n) is 4.73. The minimum absolute atomic E-state index is 0.0256. The van der Waals surface area contributed by atoms with Gasteiger partial charge in [-0.3, -0.25) is 10.1 Å². The quantitative estimate of drug-likeness (QED) is 0.326. The molecule has 0 aliphatic carbocycles. The molecule has 0 aliphatic rings. The highest BCUT2D eigenvalue weighted by atomic mass is 79.9. The van der Waals surface area contributed by atoms with E-state index in [-0.39, 0.29) is 15.1 Å². The van der Waals surface area contributed by atoms with Crippen molar-refractivity contribution in [3.8, 4) is 11.5 Å². The number of aromatic hydroxyl groups is 2. The summed E-state index contributed by atoms with van der Waals surface area (Å²) in [7, 11) is -7.73. The van der Waals surface area contributed by atoms with Gasteiger partial charge in [-0.2, -0.15) is 0 Å². The van der Waals surface area contributed by atoms with E-state index >= 15 is 0 Å². The standard InChI is InChI=1S/C6H5BrN2O5S.C6H6BrNO3S/c7-4-1-3(15(8,13)14)2-5(6(4)10)9(11)12;7-5-3-4(12(8,10)11)1-2-6(5)9/h1-2,10H,(H2,8,13,14);1-3,9H,(H2,8,10,11). The first kappa shape index (κ1) is 23.3. The largest absolute Gasteiger partial charge is 0.507 e. The lowest BCUT2D eigenvalue weighted by Gasteiger charge is -2.02. The first-order valence-electron chi connectivity index (χ1n) is 6.35. The number of hydrogen-bond donors (Lipinski definition) is 4. The number of phenols is 2. The summed E-state index contributed by atoms with van der Waals surface area (Å²) in [5.41, 5.74) is -0.728. The molecule has 15 heteroatoms. The molecule has 0 fully saturated rings. The Hall–Kier alpha value is -1.78. The fourth-order valence-corrected chi connectivity index (χ4v) is 3.76. The third kappa shape index (κ3) is 6.40. The highest BCUT2D eigenvalue weighted by molar-refractivity contribution is 9.10. The molecule has 2 rings (SSSR count). The lowest BCUT2D eigenvalue weighted by atomic mass is 10.3. The predicted octanol–water partition coefficient (Wildman–Crippen LogP) is 1.51. The number of nitrogens with two attached hydrogens (primary N) is 2. The molecule has 0 amide bonds. The van der Waals surface area contributed by atoms with Crippen LogP contribution in [-0.2, 0) is 20.0 Å². The number of hydrogen-bond acceptors (Lipinski definition) is 8. The van der Waals surface area contributed by atoms with E-state index in [1.54, 1.807) is 0 Å². The Balaban J connectivity index is 0.000000277. The SMILES string of the molecule is NS(=O)(=O)c1cc(Br)c(O)c([N+](=O)[O-])c1.NS(=O)(=O)c1ccc(O)c(Br)c1. The van der Waals surface area contributed by atoms with Crippen LogP contribution < -0.4 is 10.3 Å². The molecule has 6 N–H and O–H groups in total. The van der Waals surface area contributed by atoms with Crippen LogP contribution in [0.1, 0.15) is 0 Å². The number of phenolic OH excluding ortho intramolecular Hbond substituents is 2. The first-order chi connectivity index (χ1) is 12.1. The van der Waals surface area contributed by atoms with Crippen molar-refractivity contribution in [2.75, 3.05) is 0 Å². The molecule has 0 spiro atoms. The summed E-state index contributed by atoms with van der Waals surface area (Å²) in [5.74, 6) is -0.671. The van der Waals surface area contributed by atoms with E-state index in [4.69, 9.17) is 15.4 Å². The van der Waals surface area contributed by atoms with Gasteiger partial charge < -0.3 is 10.2 Å². The molecule has 2 aromatic carbocycles. The maximum Gasteiger partial charge on any atom is 0.313 e. The summed E-state index contributed by atoms with van der Waals surface area (Å²) >= 11 is 5.75. The van der Waals surface area contributed by atoms with Crippen molar-refractivity contribution < 1.29 is 32.0 Å². The zero-order chi connectivity index (χ0) is 21.2. The summed E-state index contributed by atoms with van der Waals surface area (Å²) in [5, 5.41) is 38.3.